The van der Waals surface area contributed by atoms with Crippen molar-refractivity contribution in [1.82, 2.24) is 4.90 Å². The highest BCUT2D eigenvalue weighted by atomic mass is 16.5. The summed E-state index contributed by atoms with van der Waals surface area (Å²) in [6, 6.07) is 6.71. The first-order valence-electron chi connectivity index (χ1n) is 8.45. The molecule has 1 aliphatic carbocycles. The molecule has 0 aromatic heterocycles. The molecule has 0 radical (unpaired) electrons. The van der Waals surface area contributed by atoms with Crippen LogP contribution in [0.3, 0.4) is 0 Å². The average Bonchev–Trinajstić information content (AvgIpc) is 3.22. The maximum absolute atomic E-state index is 12.7. The molecule has 0 unspecified atom stereocenters. The van der Waals surface area contributed by atoms with Gasteiger partial charge in [0.25, 0.3) is 0 Å². The Balaban J connectivity index is 1.75. The van der Waals surface area contributed by atoms with Gasteiger partial charge in [0.05, 0.1) is 17.9 Å². The normalized spacial score (nSPS) is 18.1. The molecule has 2 amide bonds. The lowest BCUT2D eigenvalue weighted by atomic mass is 10.0. The zero-order valence-corrected chi connectivity index (χ0v) is 13.8. The number of likely N-dealkylation sites (tertiary alicyclic amines) is 1. The standard InChI is InChI=1S/C18H22N2O4/c1-2-24-15(21)13-7-3-4-8-14(13)19-16(22)18(9-10-18)17(23)20-11-5-6-12-20/h3-4,7-8H,2,5-6,9-12H2,1H3,(H,19,22). The number of benzene rings is 1. The molecule has 1 saturated heterocycles. The number of ether oxygens (including phenoxy) is 1. The number of esters is 1. The van der Waals surface area contributed by atoms with Crippen LogP contribution in [0.15, 0.2) is 24.3 Å². The van der Waals surface area contributed by atoms with Crippen molar-refractivity contribution in [2.75, 3.05) is 25.0 Å². The summed E-state index contributed by atoms with van der Waals surface area (Å²) >= 11 is 0. The minimum atomic E-state index is -0.952. The maximum Gasteiger partial charge on any atom is 0.340 e. The lowest BCUT2D eigenvalue weighted by molar-refractivity contribution is -0.141. The number of rotatable bonds is 5. The van der Waals surface area contributed by atoms with Crippen LogP contribution in [0.1, 0.15) is 43.0 Å². The number of hydrogen-bond acceptors (Lipinski definition) is 4. The van der Waals surface area contributed by atoms with Crippen molar-refractivity contribution in [3.05, 3.63) is 29.8 Å². The number of carbonyl (C=O) groups is 3. The second-order valence-corrected chi connectivity index (χ2v) is 6.30. The Kier molecular flexibility index (Phi) is 4.55. The van der Waals surface area contributed by atoms with E-state index in [1.807, 2.05) is 0 Å². The van der Waals surface area contributed by atoms with Crippen LogP contribution in [-0.4, -0.2) is 42.4 Å². The molecule has 3 rings (SSSR count). The Hall–Kier alpha value is -2.37. The molecule has 0 atom stereocenters. The summed E-state index contributed by atoms with van der Waals surface area (Å²) in [6.07, 6.45) is 3.12. The van der Waals surface area contributed by atoms with E-state index < -0.39 is 11.4 Å². The molecule has 24 heavy (non-hydrogen) atoms. The summed E-state index contributed by atoms with van der Waals surface area (Å²) < 4.78 is 5.01. The molecule has 1 aromatic carbocycles. The van der Waals surface area contributed by atoms with Gasteiger partial charge in [-0.15, -0.1) is 0 Å². The molecule has 2 fully saturated rings. The van der Waals surface area contributed by atoms with E-state index in [9.17, 15) is 14.4 Å². The van der Waals surface area contributed by atoms with Crippen LogP contribution >= 0.6 is 0 Å². The molecule has 2 aliphatic rings. The largest absolute Gasteiger partial charge is 0.462 e. The monoisotopic (exact) mass is 330 g/mol. The number of nitrogens with one attached hydrogen (secondary N) is 1. The Bertz CT molecular complexity index is 661. The van der Waals surface area contributed by atoms with Crippen molar-refractivity contribution < 1.29 is 19.1 Å². The number of para-hydroxylation sites is 1. The third-order valence-corrected chi connectivity index (χ3v) is 4.66. The van der Waals surface area contributed by atoms with Gasteiger partial charge >= 0.3 is 5.97 Å². The van der Waals surface area contributed by atoms with Crippen LogP contribution in [-0.2, 0) is 14.3 Å². The molecule has 1 heterocycles. The van der Waals surface area contributed by atoms with Crippen LogP contribution in [0.25, 0.3) is 0 Å². The molecule has 128 valence electrons. The molecule has 1 aromatic rings. The molecule has 6 nitrogen and oxygen atoms in total. The Morgan fingerprint density at radius 1 is 1.17 bits per heavy atom. The van der Waals surface area contributed by atoms with Crippen molar-refractivity contribution in [3.8, 4) is 0 Å². The fourth-order valence-electron chi connectivity index (χ4n) is 3.11. The van der Waals surface area contributed by atoms with Crippen molar-refractivity contribution in [2.24, 2.45) is 5.41 Å². The number of nitrogens with zero attached hydrogens (tertiary/aromatic N) is 1. The van der Waals surface area contributed by atoms with Crippen molar-refractivity contribution in [1.29, 1.82) is 0 Å². The molecular weight excluding hydrogens is 308 g/mol. The van der Waals surface area contributed by atoms with E-state index in [-0.39, 0.29) is 18.4 Å². The fourth-order valence-corrected chi connectivity index (χ4v) is 3.11. The molecule has 0 bridgehead atoms. The van der Waals surface area contributed by atoms with E-state index in [4.69, 9.17) is 4.74 Å². The molecule has 1 saturated carbocycles. The number of hydrogen-bond donors (Lipinski definition) is 1. The predicted octanol–water partition coefficient (Wildman–Crippen LogP) is 2.20. The summed E-state index contributed by atoms with van der Waals surface area (Å²) in [5.74, 6) is -0.883. The van der Waals surface area contributed by atoms with E-state index in [0.717, 1.165) is 25.9 Å². The van der Waals surface area contributed by atoms with E-state index in [0.29, 0.717) is 24.1 Å². The zero-order chi connectivity index (χ0) is 17.2. The van der Waals surface area contributed by atoms with Crippen LogP contribution in [0.4, 0.5) is 5.69 Å². The fraction of sp³-hybridized carbons (Fsp3) is 0.500. The Morgan fingerprint density at radius 3 is 2.46 bits per heavy atom. The second-order valence-electron chi connectivity index (χ2n) is 6.30. The third kappa shape index (κ3) is 3.00. The molecular formula is C18H22N2O4. The smallest absolute Gasteiger partial charge is 0.340 e. The van der Waals surface area contributed by atoms with Gasteiger partial charge in [-0.05, 0) is 44.7 Å². The van der Waals surface area contributed by atoms with E-state index in [2.05, 4.69) is 5.32 Å². The number of amides is 2. The molecule has 0 spiro atoms. The quantitative estimate of drug-likeness (QED) is 0.663. The first kappa shape index (κ1) is 16.5. The highest BCUT2D eigenvalue weighted by Gasteiger charge is 2.58. The van der Waals surface area contributed by atoms with Crippen LogP contribution in [0.5, 0.6) is 0 Å². The van der Waals surface area contributed by atoms with Crippen LogP contribution < -0.4 is 5.32 Å². The topological polar surface area (TPSA) is 75.7 Å². The zero-order valence-electron chi connectivity index (χ0n) is 13.8. The van der Waals surface area contributed by atoms with Crippen molar-refractivity contribution in [3.63, 3.8) is 0 Å². The SMILES string of the molecule is CCOC(=O)c1ccccc1NC(=O)C1(C(=O)N2CCCC2)CC1. The van der Waals surface area contributed by atoms with Gasteiger partial charge in [0.2, 0.25) is 11.8 Å². The predicted molar refractivity (Wildman–Crippen MR) is 88.5 cm³/mol. The van der Waals surface area contributed by atoms with E-state index >= 15 is 0 Å². The summed E-state index contributed by atoms with van der Waals surface area (Å²) in [7, 11) is 0. The Morgan fingerprint density at radius 2 is 1.83 bits per heavy atom. The third-order valence-electron chi connectivity index (χ3n) is 4.66. The molecule has 6 heteroatoms. The average molecular weight is 330 g/mol. The molecule has 1 N–H and O–H groups in total. The van der Waals surface area contributed by atoms with Gasteiger partial charge in [-0.1, -0.05) is 12.1 Å². The maximum atomic E-state index is 12.7. The molecule has 1 aliphatic heterocycles. The van der Waals surface area contributed by atoms with E-state index in [1.54, 1.807) is 36.1 Å². The van der Waals surface area contributed by atoms with Crippen molar-refractivity contribution in [2.45, 2.75) is 32.6 Å². The summed E-state index contributed by atoms with van der Waals surface area (Å²) in [5.41, 5.74) is -0.259. The van der Waals surface area contributed by atoms with Crippen LogP contribution in [0.2, 0.25) is 0 Å². The van der Waals surface area contributed by atoms with Gasteiger partial charge in [-0.3, -0.25) is 9.59 Å². The number of carbonyl (C=O) groups excluding carboxylic acids is 3. The second kappa shape index (κ2) is 6.63. The summed E-state index contributed by atoms with van der Waals surface area (Å²) in [6.45, 7) is 3.45. The van der Waals surface area contributed by atoms with Gasteiger partial charge in [0.1, 0.15) is 5.41 Å². The van der Waals surface area contributed by atoms with E-state index in [1.165, 1.54) is 0 Å². The lowest BCUT2D eigenvalue weighted by Gasteiger charge is -2.22. The van der Waals surface area contributed by atoms with Crippen molar-refractivity contribution >= 4 is 23.5 Å². The minimum absolute atomic E-state index is 0.0777. The highest BCUT2D eigenvalue weighted by molar-refractivity contribution is 6.14. The summed E-state index contributed by atoms with van der Waals surface area (Å²) in [5, 5.41) is 2.77. The van der Waals surface area contributed by atoms with Gasteiger partial charge < -0.3 is 15.0 Å². The van der Waals surface area contributed by atoms with Gasteiger partial charge in [0, 0.05) is 13.1 Å². The first-order chi connectivity index (χ1) is 11.6. The highest BCUT2D eigenvalue weighted by Crippen LogP contribution is 2.48. The van der Waals surface area contributed by atoms with Gasteiger partial charge in [-0.2, -0.15) is 0 Å². The number of anilines is 1. The lowest BCUT2D eigenvalue weighted by Crippen LogP contribution is -2.41. The first-order valence-corrected chi connectivity index (χ1v) is 8.45. The Labute approximate surface area is 141 Å². The summed E-state index contributed by atoms with van der Waals surface area (Å²) in [4.78, 5) is 39.2. The van der Waals surface area contributed by atoms with Gasteiger partial charge in [0.15, 0.2) is 0 Å². The van der Waals surface area contributed by atoms with Crippen LogP contribution in [0, 0.1) is 5.41 Å². The minimum Gasteiger partial charge on any atom is -0.462 e. The van der Waals surface area contributed by atoms with Gasteiger partial charge in [-0.25, -0.2) is 4.79 Å².